The number of hydrazine groups is 1. The van der Waals surface area contributed by atoms with Crippen molar-refractivity contribution >= 4 is 16.0 Å². The quantitative estimate of drug-likeness (QED) is 0.444. The zero-order valence-corrected chi connectivity index (χ0v) is 15.9. The van der Waals surface area contributed by atoms with Gasteiger partial charge in [-0.25, -0.2) is 13.2 Å². The monoisotopic (exact) mass is 416 g/mol. The van der Waals surface area contributed by atoms with E-state index < -0.39 is 33.8 Å². The van der Waals surface area contributed by atoms with Crippen LogP contribution in [0.3, 0.4) is 0 Å². The SMILES string of the molecule is CCOC(=O)C(c1ccc(C(F)(F)F)cc1)N(N)S(=O)(=O)c1ccccc1C. The van der Waals surface area contributed by atoms with Crippen molar-refractivity contribution < 1.29 is 31.1 Å². The lowest BCUT2D eigenvalue weighted by Crippen LogP contribution is -2.44. The molecular weight excluding hydrogens is 397 g/mol. The van der Waals surface area contributed by atoms with Crippen molar-refractivity contribution in [2.45, 2.75) is 31.0 Å². The van der Waals surface area contributed by atoms with Crippen molar-refractivity contribution in [3.8, 4) is 0 Å². The highest BCUT2D eigenvalue weighted by Gasteiger charge is 2.37. The molecule has 0 radical (unpaired) electrons. The zero-order chi connectivity index (χ0) is 21.1. The van der Waals surface area contributed by atoms with Crippen LogP contribution in [0.15, 0.2) is 53.4 Å². The Kier molecular flexibility index (Phi) is 6.48. The Morgan fingerprint density at radius 2 is 1.71 bits per heavy atom. The van der Waals surface area contributed by atoms with Gasteiger partial charge in [0.2, 0.25) is 0 Å². The normalized spacial score (nSPS) is 13.4. The Labute approximate surface area is 160 Å². The number of hydrogen-bond acceptors (Lipinski definition) is 5. The van der Waals surface area contributed by atoms with E-state index in [-0.39, 0.29) is 17.1 Å². The smallest absolute Gasteiger partial charge is 0.416 e. The van der Waals surface area contributed by atoms with Crippen LogP contribution in [0, 0.1) is 6.92 Å². The number of sulfonamides is 1. The van der Waals surface area contributed by atoms with Crippen LogP contribution in [0.25, 0.3) is 0 Å². The van der Waals surface area contributed by atoms with Gasteiger partial charge in [-0.05, 0) is 43.2 Å². The van der Waals surface area contributed by atoms with Crippen LogP contribution in [0.1, 0.15) is 29.7 Å². The molecule has 0 bridgehead atoms. The highest BCUT2D eigenvalue weighted by atomic mass is 32.2. The third kappa shape index (κ3) is 4.51. The van der Waals surface area contributed by atoms with Crippen LogP contribution in [-0.2, 0) is 25.7 Å². The lowest BCUT2D eigenvalue weighted by molar-refractivity contribution is -0.148. The van der Waals surface area contributed by atoms with Crippen LogP contribution in [0.5, 0.6) is 0 Å². The Hall–Kier alpha value is -2.43. The average Bonchev–Trinajstić information content (AvgIpc) is 2.62. The van der Waals surface area contributed by atoms with Gasteiger partial charge >= 0.3 is 12.1 Å². The van der Waals surface area contributed by atoms with Crippen LogP contribution >= 0.6 is 0 Å². The summed E-state index contributed by atoms with van der Waals surface area (Å²) >= 11 is 0. The maximum Gasteiger partial charge on any atom is 0.416 e. The number of halogens is 3. The molecule has 6 nitrogen and oxygen atoms in total. The summed E-state index contributed by atoms with van der Waals surface area (Å²) in [4.78, 5) is 12.3. The second-order valence-corrected chi connectivity index (χ2v) is 7.69. The number of carbonyl (C=O) groups excluding carboxylic acids is 1. The second-order valence-electron chi connectivity index (χ2n) is 5.87. The summed E-state index contributed by atoms with van der Waals surface area (Å²) in [5.74, 6) is 4.81. The summed E-state index contributed by atoms with van der Waals surface area (Å²) in [6.07, 6.45) is -4.58. The summed E-state index contributed by atoms with van der Waals surface area (Å²) in [5, 5.41) is 0. The third-order valence-corrected chi connectivity index (χ3v) is 5.75. The number of nitrogens with zero attached hydrogens (tertiary/aromatic N) is 1. The lowest BCUT2D eigenvalue weighted by atomic mass is 10.1. The molecule has 152 valence electrons. The number of hydrogen-bond donors (Lipinski definition) is 1. The fourth-order valence-electron chi connectivity index (χ4n) is 2.56. The maximum absolute atomic E-state index is 12.9. The van der Waals surface area contributed by atoms with Gasteiger partial charge in [0.05, 0.1) is 17.1 Å². The van der Waals surface area contributed by atoms with E-state index in [2.05, 4.69) is 0 Å². The maximum atomic E-state index is 12.9. The molecule has 2 rings (SSSR count). The van der Waals surface area contributed by atoms with Crippen LogP contribution < -0.4 is 5.84 Å². The number of aryl methyl sites for hydroxylation is 1. The second kappa shape index (κ2) is 8.29. The molecule has 0 aliphatic carbocycles. The highest BCUT2D eigenvalue weighted by Crippen LogP contribution is 2.32. The molecule has 0 aliphatic rings. The number of ether oxygens (including phenoxy) is 1. The van der Waals surface area contributed by atoms with Crippen LogP contribution in [-0.4, -0.2) is 25.4 Å². The Morgan fingerprint density at radius 3 is 2.21 bits per heavy atom. The standard InChI is InChI=1S/C18H19F3N2O4S/c1-3-27-17(24)16(13-8-10-14(11-9-13)18(19,20)21)23(22)28(25,26)15-7-5-4-6-12(15)2/h4-11,16H,3,22H2,1-2H3. The van der Waals surface area contributed by atoms with E-state index >= 15 is 0 Å². The topological polar surface area (TPSA) is 89.7 Å². The summed E-state index contributed by atoms with van der Waals surface area (Å²) in [5.41, 5.74) is -0.594. The minimum atomic E-state index is -4.58. The Balaban J connectivity index is 2.52. The zero-order valence-electron chi connectivity index (χ0n) is 15.1. The predicted molar refractivity (Wildman–Crippen MR) is 95.2 cm³/mol. The molecule has 2 aromatic rings. The molecule has 1 unspecified atom stereocenters. The first-order chi connectivity index (χ1) is 13.0. The minimum absolute atomic E-state index is 0.0499. The first-order valence-corrected chi connectivity index (χ1v) is 9.62. The van der Waals surface area contributed by atoms with E-state index in [9.17, 15) is 26.4 Å². The van der Waals surface area contributed by atoms with Crippen molar-refractivity contribution in [3.05, 3.63) is 65.2 Å². The first-order valence-electron chi connectivity index (χ1n) is 8.18. The molecular formula is C18H19F3N2O4S. The molecule has 0 aromatic heterocycles. The lowest BCUT2D eigenvalue weighted by Gasteiger charge is -2.26. The molecule has 0 saturated heterocycles. The number of carbonyl (C=O) groups is 1. The molecule has 0 spiro atoms. The van der Waals surface area contributed by atoms with Crippen molar-refractivity contribution in [1.29, 1.82) is 0 Å². The largest absolute Gasteiger partial charge is 0.464 e. The van der Waals surface area contributed by atoms with Gasteiger partial charge in [-0.1, -0.05) is 30.3 Å². The summed E-state index contributed by atoms with van der Waals surface area (Å²) in [7, 11) is -4.33. The average molecular weight is 416 g/mol. The molecule has 0 heterocycles. The Morgan fingerprint density at radius 1 is 1.14 bits per heavy atom. The van der Waals surface area contributed by atoms with E-state index in [1.807, 2.05) is 0 Å². The fraction of sp³-hybridized carbons (Fsp3) is 0.278. The van der Waals surface area contributed by atoms with Crippen molar-refractivity contribution in [3.63, 3.8) is 0 Å². The number of nitrogens with two attached hydrogens (primary N) is 1. The molecule has 0 saturated carbocycles. The molecule has 0 fully saturated rings. The van der Waals surface area contributed by atoms with Gasteiger partial charge in [0, 0.05) is 0 Å². The molecule has 1 atom stereocenters. The van der Waals surface area contributed by atoms with E-state index in [0.29, 0.717) is 9.98 Å². The van der Waals surface area contributed by atoms with Crippen molar-refractivity contribution in [1.82, 2.24) is 4.41 Å². The highest BCUT2D eigenvalue weighted by molar-refractivity contribution is 7.89. The summed E-state index contributed by atoms with van der Waals surface area (Å²) in [6, 6.07) is 7.84. The number of alkyl halides is 3. The van der Waals surface area contributed by atoms with Crippen molar-refractivity contribution in [2.75, 3.05) is 6.61 Å². The van der Waals surface area contributed by atoms with Crippen molar-refractivity contribution in [2.24, 2.45) is 5.84 Å². The molecule has 0 amide bonds. The number of esters is 1. The van der Waals surface area contributed by atoms with E-state index in [4.69, 9.17) is 10.6 Å². The van der Waals surface area contributed by atoms with Gasteiger partial charge < -0.3 is 4.74 Å². The van der Waals surface area contributed by atoms with Crippen LogP contribution in [0.2, 0.25) is 0 Å². The number of rotatable bonds is 6. The van der Waals surface area contributed by atoms with E-state index in [1.54, 1.807) is 19.1 Å². The van der Waals surface area contributed by atoms with E-state index in [1.165, 1.54) is 19.1 Å². The summed E-state index contributed by atoms with van der Waals surface area (Å²) in [6.45, 7) is 3.00. The minimum Gasteiger partial charge on any atom is -0.464 e. The van der Waals surface area contributed by atoms with Gasteiger partial charge in [-0.15, -0.1) is 4.41 Å². The summed E-state index contributed by atoms with van der Waals surface area (Å²) < 4.78 is 69.4. The van der Waals surface area contributed by atoms with Gasteiger partial charge in [0.25, 0.3) is 10.0 Å². The third-order valence-electron chi connectivity index (χ3n) is 3.97. The van der Waals surface area contributed by atoms with Crippen LogP contribution in [0.4, 0.5) is 13.2 Å². The van der Waals surface area contributed by atoms with Gasteiger partial charge in [0.1, 0.15) is 0 Å². The van der Waals surface area contributed by atoms with Gasteiger partial charge in [-0.3, -0.25) is 5.84 Å². The van der Waals surface area contributed by atoms with Gasteiger partial charge in [-0.2, -0.15) is 13.2 Å². The van der Waals surface area contributed by atoms with E-state index in [0.717, 1.165) is 24.3 Å². The molecule has 2 N–H and O–H groups in total. The fourth-order valence-corrected chi connectivity index (χ4v) is 4.00. The Bertz CT molecular complexity index is 944. The predicted octanol–water partition coefficient (Wildman–Crippen LogP) is 3.18. The first kappa shape index (κ1) is 21.9. The number of benzene rings is 2. The van der Waals surface area contributed by atoms with Gasteiger partial charge in [0.15, 0.2) is 6.04 Å². The molecule has 0 aliphatic heterocycles. The molecule has 2 aromatic carbocycles. The molecule has 28 heavy (non-hydrogen) atoms. The molecule has 10 heteroatoms.